The normalized spacial score (nSPS) is 14.5. The van der Waals surface area contributed by atoms with Crippen LogP contribution in [0.1, 0.15) is 16.1 Å². The van der Waals surface area contributed by atoms with E-state index in [9.17, 15) is 9.59 Å². The Hall–Kier alpha value is -2.84. The van der Waals surface area contributed by atoms with Crippen molar-refractivity contribution in [2.75, 3.05) is 47.1 Å². The van der Waals surface area contributed by atoms with Gasteiger partial charge in [-0.05, 0) is 18.2 Å². The van der Waals surface area contributed by atoms with Gasteiger partial charge in [0, 0.05) is 24.7 Å². The van der Waals surface area contributed by atoms with E-state index in [0.717, 1.165) is 13.1 Å². The minimum atomic E-state index is -0.324. The van der Waals surface area contributed by atoms with E-state index in [1.807, 2.05) is 0 Å². The van der Waals surface area contributed by atoms with E-state index in [0.29, 0.717) is 42.6 Å². The van der Waals surface area contributed by atoms with Crippen LogP contribution >= 0.6 is 0 Å². The summed E-state index contributed by atoms with van der Waals surface area (Å²) in [6, 6.07) is 6.21. The Morgan fingerprint density at radius 1 is 1.07 bits per heavy atom. The van der Waals surface area contributed by atoms with Crippen LogP contribution in [-0.2, 0) is 11.3 Å². The summed E-state index contributed by atoms with van der Waals surface area (Å²) in [5.41, 5.74) is 0.0700. The van der Waals surface area contributed by atoms with E-state index in [-0.39, 0.29) is 23.6 Å². The van der Waals surface area contributed by atoms with Crippen molar-refractivity contribution in [2.45, 2.75) is 6.54 Å². The van der Waals surface area contributed by atoms with Gasteiger partial charge in [0.1, 0.15) is 12.0 Å². The number of carbonyl (C=O) groups is 1. The van der Waals surface area contributed by atoms with Crippen molar-refractivity contribution in [3.8, 4) is 17.2 Å². The predicted molar refractivity (Wildman–Crippen MR) is 100 cm³/mol. The van der Waals surface area contributed by atoms with Crippen molar-refractivity contribution in [1.82, 2.24) is 4.90 Å². The number of carbonyl (C=O) groups excluding carboxylic acids is 1. The molecule has 0 amide bonds. The first-order chi connectivity index (χ1) is 13.6. The molecule has 0 radical (unpaired) electrons. The van der Waals surface area contributed by atoms with E-state index in [1.165, 1.54) is 26.5 Å². The van der Waals surface area contributed by atoms with Gasteiger partial charge in [-0.15, -0.1) is 0 Å². The molecule has 1 saturated heterocycles. The lowest BCUT2D eigenvalue weighted by Gasteiger charge is -2.25. The van der Waals surface area contributed by atoms with Gasteiger partial charge in [0.25, 0.3) is 0 Å². The van der Waals surface area contributed by atoms with E-state index >= 15 is 0 Å². The lowest BCUT2D eigenvalue weighted by Crippen LogP contribution is -2.35. The highest BCUT2D eigenvalue weighted by Gasteiger charge is 2.15. The number of ketones is 1. The fourth-order valence-electron chi connectivity index (χ4n) is 2.84. The summed E-state index contributed by atoms with van der Waals surface area (Å²) in [5, 5.41) is 0. The van der Waals surface area contributed by atoms with Crippen LogP contribution in [0.4, 0.5) is 0 Å². The summed E-state index contributed by atoms with van der Waals surface area (Å²) in [4.78, 5) is 26.7. The smallest absolute Gasteiger partial charge is 0.227 e. The summed E-state index contributed by atoms with van der Waals surface area (Å²) in [6.45, 7) is 3.17. The SMILES string of the molecule is COc1ccc(C(=O)COc2coc(CN3CCOCC3)cc2=O)cc1OC. The van der Waals surface area contributed by atoms with Gasteiger partial charge in [-0.1, -0.05) is 0 Å². The quantitative estimate of drug-likeness (QED) is 0.631. The molecule has 0 saturated carbocycles. The molecule has 0 N–H and O–H groups in total. The predicted octanol–water partition coefficient (Wildman–Crippen LogP) is 1.75. The Kier molecular flexibility index (Phi) is 6.67. The average molecular weight is 389 g/mol. The molecule has 1 fully saturated rings. The van der Waals surface area contributed by atoms with Gasteiger partial charge < -0.3 is 23.4 Å². The molecule has 0 unspecified atom stereocenters. The van der Waals surface area contributed by atoms with E-state index in [2.05, 4.69) is 4.90 Å². The van der Waals surface area contributed by atoms with Crippen molar-refractivity contribution in [1.29, 1.82) is 0 Å². The van der Waals surface area contributed by atoms with Gasteiger partial charge in [0.05, 0.1) is 34.0 Å². The number of rotatable bonds is 8. The topological polar surface area (TPSA) is 87.4 Å². The first-order valence-corrected chi connectivity index (χ1v) is 8.90. The molecule has 1 aromatic carbocycles. The van der Waals surface area contributed by atoms with Crippen LogP contribution in [0.3, 0.4) is 0 Å². The van der Waals surface area contributed by atoms with Gasteiger partial charge in [0.15, 0.2) is 23.9 Å². The number of methoxy groups -OCH3 is 2. The Morgan fingerprint density at radius 3 is 2.50 bits per heavy atom. The second-order valence-corrected chi connectivity index (χ2v) is 6.24. The average Bonchev–Trinajstić information content (AvgIpc) is 2.73. The zero-order valence-electron chi connectivity index (χ0n) is 15.9. The zero-order valence-corrected chi connectivity index (χ0v) is 15.9. The number of nitrogens with zero attached hydrogens (tertiary/aromatic N) is 1. The van der Waals surface area contributed by atoms with Crippen molar-refractivity contribution in [3.63, 3.8) is 0 Å². The lowest BCUT2D eigenvalue weighted by atomic mass is 10.1. The van der Waals surface area contributed by atoms with Gasteiger partial charge in [-0.25, -0.2) is 0 Å². The minimum absolute atomic E-state index is 0.000413. The molecule has 28 heavy (non-hydrogen) atoms. The van der Waals surface area contributed by atoms with Crippen LogP contribution in [0.5, 0.6) is 17.2 Å². The highest BCUT2D eigenvalue weighted by atomic mass is 16.5. The third-order valence-corrected chi connectivity index (χ3v) is 4.40. The molecular weight excluding hydrogens is 366 g/mol. The second-order valence-electron chi connectivity index (χ2n) is 6.24. The molecule has 3 rings (SSSR count). The monoisotopic (exact) mass is 389 g/mol. The van der Waals surface area contributed by atoms with Crippen LogP contribution in [-0.4, -0.2) is 57.8 Å². The largest absolute Gasteiger partial charge is 0.493 e. The van der Waals surface area contributed by atoms with E-state index < -0.39 is 0 Å². The van der Waals surface area contributed by atoms with E-state index in [4.69, 9.17) is 23.4 Å². The highest BCUT2D eigenvalue weighted by Crippen LogP contribution is 2.27. The summed E-state index contributed by atoms with van der Waals surface area (Å²) >= 11 is 0. The summed E-state index contributed by atoms with van der Waals surface area (Å²) < 4.78 is 26.5. The van der Waals surface area contributed by atoms with Crippen LogP contribution in [0.15, 0.2) is 39.7 Å². The molecule has 1 aliphatic heterocycles. The number of ether oxygens (including phenoxy) is 4. The third-order valence-electron chi connectivity index (χ3n) is 4.40. The number of hydrogen-bond acceptors (Lipinski definition) is 8. The second kappa shape index (κ2) is 9.38. The Balaban J connectivity index is 1.61. The van der Waals surface area contributed by atoms with Gasteiger partial charge >= 0.3 is 0 Å². The summed E-state index contributed by atoms with van der Waals surface area (Å²) in [7, 11) is 3.01. The van der Waals surface area contributed by atoms with Crippen LogP contribution in [0.25, 0.3) is 0 Å². The number of morpholine rings is 1. The van der Waals surface area contributed by atoms with Gasteiger partial charge in [-0.2, -0.15) is 0 Å². The minimum Gasteiger partial charge on any atom is -0.493 e. The molecule has 0 atom stereocenters. The van der Waals surface area contributed by atoms with E-state index in [1.54, 1.807) is 18.2 Å². The molecule has 2 aromatic rings. The molecule has 8 nitrogen and oxygen atoms in total. The molecule has 2 heterocycles. The first kappa shape index (κ1) is 19.9. The molecule has 1 aliphatic rings. The molecule has 1 aromatic heterocycles. The summed E-state index contributed by atoms with van der Waals surface area (Å²) in [6.07, 6.45) is 1.25. The maximum Gasteiger partial charge on any atom is 0.227 e. The van der Waals surface area contributed by atoms with Crippen LogP contribution in [0, 0.1) is 0 Å². The molecule has 0 bridgehead atoms. The van der Waals surface area contributed by atoms with Gasteiger partial charge in [-0.3, -0.25) is 14.5 Å². The van der Waals surface area contributed by atoms with Crippen LogP contribution < -0.4 is 19.6 Å². The number of Topliss-reactive ketones (excluding diaryl/α,β-unsaturated/α-hetero) is 1. The Labute approximate surface area is 162 Å². The van der Waals surface area contributed by atoms with Crippen molar-refractivity contribution >= 4 is 5.78 Å². The molecule has 0 spiro atoms. The molecule has 8 heteroatoms. The summed E-state index contributed by atoms with van der Waals surface area (Å²) in [5.74, 6) is 1.22. The number of hydrogen-bond donors (Lipinski definition) is 0. The Morgan fingerprint density at radius 2 is 1.82 bits per heavy atom. The van der Waals surface area contributed by atoms with Crippen LogP contribution in [0.2, 0.25) is 0 Å². The maximum absolute atomic E-state index is 12.4. The lowest BCUT2D eigenvalue weighted by molar-refractivity contribution is 0.0310. The van der Waals surface area contributed by atoms with Gasteiger partial charge in [0.2, 0.25) is 11.2 Å². The first-order valence-electron chi connectivity index (χ1n) is 8.90. The fourth-order valence-corrected chi connectivity index (χ4v) is 2.84. The van der Waals surface area contributed by atoms with Crippen molar-refractivity contribution < 1.29 is 28.2 Å². The van der Waals surface area contributed by atoms with Crippen molar-refractivity contribution in [3.05, 3.63) is 52.1 Å². The standard InChI is InChI=1S/C20H23NO7/c1-24-18-4-3-14(9-19(18)25-2)17(23)12-28-20-13-27-15(10-16(20)22)11-21-5-7-26-8-6-21/h3-4,9-10,13H,5-8,11-12H2,1-2H3. The third kappa shape index (κ3) is 4.90. The Bertz CT molecular complexity index is 871. The maximum atomic E-state index is 12.4. The molecular formula is C20H23NO7. The van der Waals surface area contributed by atoms with Crippen molar-refractivity contribution in [2.24, 2.45) is 0 Å². The zero-order chi connectivity index (χ0) is 19.9. The molecule has 0 aliphatic carbocycles. The highest BCUT2D eigenvalue weighted by molar-refractivity contribution is 5.97. The fraction of sp³-hybridized carbons (Fsp3) is 0.400. The molecule has 150 valence electrons. The number of benzene rings is 1.